The summed E-state index contributed by atoms with van der Waals surface area (Å²) in [5.41, 5.74) is 1.48. The van der Waals surface area contributed by atoms with Gasteiger partial charge in [0.2, 0.25) is 0 Å². The second-order valence-corrected chi connectivity index (χ2v) is 5.54. The Kier molecular flexibility index (Phi) is 3.79. The van der Waals surface area contributed by atoms with Gasteiger partial charge < -0.3 is 4.90 Å². The minimum Gasteiger partial charge on any atom is -0.354 e. The van der Waals surface area contributed by atoms with Gasteiger partial charge in [-0.15, -0.1) is 0 Å². The molecule has 0 radical (unpaired) electrons. The number of hydrogen-bond donors (Lipinski definition) is 0. The van der Waals surface area contributed by atoms with Crippen LogP contribution in [0.4, 0.5) is 10.2 Å². The van der Waals surface area contributed by atoms with E-state index < -0.39 is 0 Å². The van der Waals surface area contributed by atoms with Gasteiger partial charge in [-0.3, -0.25) is 9.97 Å². The van der Waals surface area contributed by atoms with Crippen LogP contribution >= 0.6 is 15.9 Å². The van der Waals surface area contributed by atoms with Gasteiger partial charge in [-0.25, -0.2) is 9.37 Å². The lowest BCUT2D eigenvalue weighted by molar-refractivity contribution is 0.623. The number of pyridine rings is 1. The highest BCUT2D eigenvalue weighted by Gasteiger charge is 2.08. The molecule has 0 aliphatic carbocycles. The molecule has 4 nitrogen and oxygen atoms in total. The summed E-state index contributed by atoms with van der Waals surface area (Å²) in [5.74, 6) is 0.443. The number of anilines is 1. The smallest absolute Gasteiger partial charge is 0.139 e. The van der Waals surface area contributed by atoms with Gasteiger partial charge in [0.25, 0.3) is 0 Å². The molecule has 0 aliphatic heterocycles. The van der Waals surface area contributed by atoms with Crippen LogP contribution in [0.25, 0.3) is 10.9 Å². The second-order valence-electron chi connectivity index (χ2n) is 4.68. The van der Waals surface area contributed by atoms with Crippen molar-refractivity contribution >= 4 is 32.7 Å². The summed E-state index contributed by atoms with van der Waals surface area (Å²) in [6, 6.07) is 6.99. The van der Waals surface area contributed by atoms with E-state index in [0.717, 1.165) is 16.9 Å². The molecule has 2 heterocycles. The van der Waals surface area contributed by atoms with Crippen LogP contribution in [0, 0.1) is 5.82 Å². The largest absolute Gasteiger partial charge is 0.354 e. The van der Waals surface area contributed by atoms with Crippen molar-refractivity contribution in [2.75, 3.05) is 11.9 Å². The maximum absolute atomic E-state index is 13.6. The van der Waals surface area contributed by atoms with Gasteiger partial charge in [-0.1, -0.05) is 0 Å². The highest BCUT2D eigenvalue weighted by Crippen LogP contribution is 2.24. The minimum absolute atomic E-state index is 0.316. The van der Waals surface area contributed by atoms with Gasteiger partial charge in [0.05, 0.1) is 28.4 Å². The summed E-state index contributed by atoms with van der Waals surface area (Å²) in [4.78, 5) is 14.7. The minimum atomic E-state index is -0.316. The molecule has 0 N–H and O–H groups in total. The van der Waals surface area contributed by atoms with Gasteiger partial charge in [0, 0.05) is 30.9 Å². The number of aromatic nitrogens is 3. The lowest BCUT2D eigenvalue weighted by atomic mass is 10.2. The SMILES string of the molecule is CN(Cc1cnccn1)c1ccc2cc(Br)c(F)cc2n1. The molecule has 3 rings (SSSR count). The quantitative estimate of drug-likeness (QED) is 0.727. The van der Waals surface area contributed by atoms with E-state index in [1.54, 1.807) is 24.7 Å². The second kappa shape index (κ2) is 5.73. The van der Waals surface area contributed by atoms with Gasteiger partial charge >= 0.3 is 0 Å². The van der Waals surface area contributed by atoms with E-state index in [2.05, 4.69) is 30.9 Å². The van der Waals surface area contributed by atoms with E-state index in [1.165, 1.54) is 6.07 Å². The van der Waals surface area contributed by atoms with E-state index in [-0.39, 0.29) is 5.82 Å². The van der Waals surface area contributed by atoms with Crippen LogP contribution in [0.2, 0.25) is 0 Å². The van der Waals surface area contributed by atoms with Gasteiger partial charge in [-0.2, -0.15) is 0 Å². The molecule has 106 valence electrons. The van der Waals surface area contributed by atoms with Gasteiger partial charge in [0.1, 0.15) is 11.6 Å². The fourth-order valence-corrected chi connectivity index (χ4v) is 2.42. The third-order valence-corrected chi connectivity index (χ3v) is 3.73. The van der Waals surface area contributed by atoms with Crippen molar-refractivity contribution in [3.05, 3.63) is 58.8 Å². The highest BCUT2D eigenvalue weighted by atomic mass is 79.9. The lowest BCUT2D eigenvalue weighted by Crippen LogP contribution is -2.18. The van der Waals surface area contributed by atoms with E-state index in [4.69, 9.17) is 0 Å². The molecule has 0 atom stereocenters. The molecule has 1 aromatic carbocycles. The van der Waals surface area contributed by atoms with Crippen molar-refractivity contribution in [1.82, 2.24) is 15.0 Å². The van der Waals surface area contributed by atoms with Crippen molar-refractivity contribution in [3.8, 4) is 0 Å². The van der Waals surface area contributed by atoms with Crippen LogP contribution in [0.5, 0.6) is 0 Å². The van der Waals surface area contributed by atoms with E-state index >= 15 is 0 Å². The molecule has 0 amide bonds. The number of hydrogen-bond acceptors (Lipinski definition) is 4. The molecular formula is C15H12BrFN4. The molecule has 2 aromatic heterocycles. The summed E-state index contributed by atoms with van der Waals surface area (Å²) in [5, 5.41) is 0.889. The molecule has 3 aromatic rings. The molecular weight excluding hydrogens is 335 g/mol. The molecule has 21 heavy (non-hydrogen) atoms. The zero-order chi connectivity index (χ0) is 14.8. The Morgan fingerprint density at radius 3 is 2.86 bits per heavy atom. The standard InChI is InChI=1S/C15H12BrFN4/c1-21(9-11-8-18-4-5-19-11)15-3-2-10-6-12(16)13(17)7-14(10)20-15/h2-8H,9H2,1H3. The average Bonchev–Trinajstić information content (AvgIpc) is 2.49. The zero-order valence-electron chi connectivity index (χ0n) is 11.3. The van der Waals surface area contributed by atoms with Crippen molar-refractivity contribution < 1.29 is 4.39 Å². The summed E-state index contributed by atoms with van der Waals surface area (Å²) in [6.07, 6.45) is 5.01. The zero-order valence-corrected chi connectivity index (χ0v) is 12.9. The van der Waals surface area contributed by atoms with Crippen molar-refractivity contribution in [2.24, 2.45) is 0 Å². The van der Waals surface area contributed by atoms with Gasteiger partial charge in [0.15, 0.2) is 0 Å². The van der Waals surface area contributed by atoms with Crippen molar-refractivity contribution in [3.63, 3.8) is 0 Å². The Hall–Kier alpha value is -2.08. The number of nitrogens with zero attached hydrogens (tertiary/aromatic N) is 4. The van der Waals surface area contributed by atoms with Crippen LogP contribution in [0.1, 0.15) is 5.69 Å². The Morgan fingerprint density at radius 2 is 2.10 bits per heavy atom. The average molecular weight is 347 g/mol. The fraction of sp³-hybridized carbons (Fsp3) is 0.133. The molecule has 0 fully saturated rings. The summed E-state index contributed by atoms with van der Waals surface area (Å²) < 4.78 is 14.1. The molecule has 0 spiro atoms. The molecule has 0 unspecified atom stereocenters. The third-order valence-electron chi connectivity index (χ3n) is 3.12. The van der Waals surface area contributed by atoms with Gasteiger partial charge in [-0.05, 0) is 34.1 Å². The van der Waals surface area contributed by atoms with Crippen LogP contribution in [-0.2, 0) is 6.54 Å². The summed E-state index contributed by atoms with van der Waals surface area (Å²) in [7, 11) is 1.91. The Labute approximate surface area is 129 Å². The maximum Gasteiger partial charge on any atom is 0.139 e. The van der Waals surface area contributed by atoms with E-state index in [9.17, 15) is 4.39 Å². The monoisotopic (exact) mass is 346 g/mol. The van der Waals surface area contributed by atoms with E-state index in [1.807, 2.05) is 24.1 Å². The number of benzene rings is 1. The number of fused-ring (bicyclic) bond motifs is 1. The molecule has 0 saturated carbocycles. The van der Waals surface area contributed by atoms with Crippen LogP contribution in [0.3, 0.4) is 0 Å². The highest BCUT2D eigenvalue weighted by molar-refractivity contribution is 9.10. The number of rotatable bonds is 3. The van der Waals surface area contributed by atoms with Crippen molar-refractivity contribution in [2.45, 2.75) is 6.54 Å². The van der Waals surface area contributed by atoms with Crippen LogP contribution in [0.15, 0.2) is 47.3 Å². The number of halogens is 2. The summed E-state index contributed by atoms with van der Waals surface area (Å²) >= 11 is 3.18. The lowest BCUT2D eigenvalue weighted by Gasteiger charge is -2.18. The third kappa shape index (κ3) is 3.00. The topological polar surface area (TPSA) is 41.9 Å². The molecule has 0 saturated heterocycles. The van der Waals surface area contributed by atoms with Crippen LogP contribution in [-0.4, -0.2) is 22.0 Å². The predicted molar refractivity (Wildman–Crippen MR) is 83.5 cm³/mol. The first-order valence-corrected chi connectivity index (χ1v) is 7.14. The van der Waals surface area contributed by atoms with Crippen LogP contribution < -0.4 is 4.90 Å². The Bertz CT molecular complexity index is 779. The first-order valence-electron chi connectivity index (χ1n) is 6.35. The first-order chi connectivity index (χ1) is 10.1. The molecule has 0 aliphatic rings. The molecule has 0 bridgehead atoms. The molecule has 6 heteroatoms. The fourth-order valence-electron chi connectivity index (χ4n) is 2.06. The predicted octanol–water partition coefficient (Wildman–Crippen LogP) is 3.56. The Morgan fingerprint density at radius 1 is 1.24 bits per heavy atom. The maximum atomic E-state index is 13.6. The Balaban J connectivity index is 1.91. The van der Waals surface area contributed by atoms with E-state index in [0.29, 0.717) is 16.5 Å². The first kappa shape index (κ1) is 13.9. The summed E-state index contributed by atoms with van der Waals surface area (Å²) in [6.45, 7) is 0.589. The van der Waals surface area contributed by atoms with Crippen molar-refractivity contribution in [1.29, 1.82) is 0 Å². The normalized spacial score (nSPS) is 10.8.